The van der Waals surface area contributed by atoms with Gasteiger partial charge in [0.2, 0.25) is 0 Å². The van der Waals surface area contributed by atoms with E-state index in [4.69, 9.17) is 5.11 Å². The number of anilines is 1. The molecule has 0 spiro atoms. The number of halogens is 1. The van der Waals surface area contributed by atoms with E-state index in [1.54, 1.807) is 23.9 Å². The van der Waals surface area contributed by atoms with Crippen molar-refractivity contribution in [3.63, 3.8) is 0 Å². The highest BCUT2D eigenvalue weighted by atomic mass is 127. The second-order valence-corrected chi connectivity index (χ2v) is 6.01. The molecule has 104 valence electrons. The molecule has 1 unspecified atom stereocenters. The number of rotatable bonds is 6. The van der Waals surface area contributed by atoms with Crippen LogP contribution in [0.4, 0.5) is 10.5 Å². The highest BCUT2D eigenvalue weighted by Crippen LogP contribution is 2.11. The Hall–Kier alpha value is -0.960. The lowest BCUT2D eigenvalue weighted by atomic mass is 10.2. The Morgan fingerprint density at radius 1 is 1.37 bits per heavy atom. The predicted molar refractivity (Wildman–Crippen MR) is 85.7 cm³/mol. The molecule has 0 aliphatic carbocycles. The van der Waals surface area contributed by atoms with Crippen molar-refractivity contribution in [1.29, 1.82) is 0 Å². The Morgan fingerprint density at radius 3 is 2.53 bits per heavy atom. The van der Waals surface area contributed by atoms with E-state index in [1.807, 2.05) is 18.4 Å². The maximum atomic E-state index is 11.7. The standard InChI is InChI=1S/C12H15IN2O3S/c1-19-7-6-10(11(16)17)15-12(18)14-9-4-2-8(13)3-5-9/h2-5,10H,6-7H2,1H3,(H,16,17)(H2,14,15,18). The summed E-state index contributed by atoms with van der Waals surface area (Å²) < 4.78 is 1.06. The van der Waals surface area contributed by atoms with Crippen molar-refractivity contribution in [2.24, 2.45) is 0 Å². The van der Waals surface area contributed by atoms with Gasteiger partial charge < -0.3 is 15.7 Å². The average Bonchev–Trinajstić information content (AvgIpc) is 2.37. The molecule has 0 aromatic heterocycles. The zero-order valence-corrected chi connectivity index (χ0v) is 13.3. The SMILES string of the molecule is CSCCC(NC(=O)Nc1ccc(I)cc1)C(=O)O. The van der Waals surface area contributed by atoms with Gasteiger partial charge in [0.05, 0.1) is 0 Å². The minimum atomic E-state index is -1.02. The molecular weight excluding hydrogens is 379 g/mol. The van der Waals surface area contributed by atoms with Gasteiger partial charge in [-0.2, -0.15) is 11.8 Å². The number of amides is 2. The molecule has 0 radical (unpaired) electrons. The molecule has 5 nitrogen and oxygen atoms in total. The van der Waals surface area contributed by atoms with Gasteiger partial charge in [-0.3, -0.25) is 0 Å². The second-order valence-electron chi connectivity index (χ2n) is 3.78. The number of benzene rings is 1. The summed E-state index contributed by atoms with van der Waals surface area (Å²) in [7, 11) is 0. The number of urea groups is 1. The summed E-state index contributed by atoms with van der Waals surface area (Å²) >= 11 is 3.71. The van der Waals surface area contributed by atoms with Crippen LogP contribution >= 0.6 is 34.4 Å². The molecular formula is C12H15IN2O3S. The molecule has 0 saturated heterocycles. The van der Waals surface area contributed by atoms with Crippen LogP contribution in [0.15, 0.2) is 24.3 Å². The molecule has 0 heterocycles. The number of carboxylic acids is 1. The topological polar surface area (TPSA) is 78.4 Å². The molecule has 1 aromatic rings. The number of nitrogens with one attached hydrogen (secondary N) is 2. The van der Waals surface area contributed by atoms with Crippen molar-refractivity contribution in [2.45, 2.75) is 12.5 Å². The lowest BCUT2D eigenvalue weighted by Gasteiger charge is -2.14. The molecule has 0 aliphatic heterocycles. The molecule has 1 aromatic carbocycles. The number of hydrogen-bond donors (Lipinski definition) is 3. The Kier molecular flexibility index (Phi) is 7.00. The van der Waals surface area contributed by atoms with E-state index >= 15 is 0 Å². The summed E-state index contributed by atoms with van der Waals surface area (Å²) in [6, 6.07) is 5.88. The summed E-state index contributed by atoms with van der Waals surface area (Å²) in [6.45, 7) is 0. The zero-order chi connectivity index (χ0) is 14.3. The number of carbonyl (C=O) groups is 2. The Bertz CT molecular complexity index is 439. The van der Waals surface area contributed by atoms with E-state index in [-0.39, 0.29) is 0 Å². The number of carbonyl (C=O) groups excluding carboxylic acids is 1. The first kappa shape index (κ1) is 16.1. The van der Waals surface area contributed by atoms with Crippen molar-refractivity contribution in [3.05, 3.63) is 27.8 Å². The fourth-order valence-electron chi connectivity index (χ4n) is 1.35. The third kappa shape index (κ3) is 6.15. The summed E-state index contributed by atoms with van der Waals surface area (Å²) in [5.74, 6) is -0.340. The van der Waals surface area contributed by atoms with Crippen LogP contribution in [0.25, 0.3) is 0 Å². The van der Waals surface area contributed by atoms with Crippen LogP contribution < -0.4 is 10.6 Å². The van der Waals surface area contributed by atoms with Gasteiger partial charge in [0.1, 0.15) is 6.04 Å². The van der Waals surface area contributed by atoms with Crippen LogP contribution in [0.5, 0.6) is 0 Å². The number of hydrogen-bond acceptors (Lipinski definition) is 3. The first-order valence-corrected chi connectivity index (χ1v) is 8.05. The quantitative estimate of drug-likeness (QED) is 0.649. The normalized spacial score (nSPS) is 11.7. The molecule has 0 aliphatic rings. The molecule has 0 bridgehead atoms. The lowest BCUT2D eigenvalue weighted by Crippen LogP contribution is -2.43. The fourth-order valence-corrected chi connectivity index (χ4v) is 2.18. The fraction of sp³-hybridized carbons (Fsp3) is 0.333. The van der Waals surface area contributed by atoms with Crippen molar-refractivity contribution >= 4 is 52.0 Å². The highest BCUT2D eigenvalue weighted by molar-refractivity contribution is 14.1. The van der Waals surface area contributed by atoms with Gasteiger partial charge in [-0.05, 0) is 65.3 Å². The van der Waals surface area contributed by atoms with Crippen LogP contribution in [0.2, 0.25) is 0 Å². The van der Waals surface area contributed by atoms with Crippen LogP contribution in [0.1, 0.15) is 6.42 Å². The van der Waals surface area contributed by atoms with Crippen LogP contribution in [-0.2, 0) is 4.79 Å². The Morgan fingerprint density at radius 2 is 2.00 bits per heavy atom. The number of carboxylic acid groups (broad SMARTS) is 1. The second kappa shape index (κ2) is 8.26. The summed E-state index contributed by atoms with van der Waals surface area (Å²) in [6.07, 6.45) is 2.29. The largest absolute Gasteiger partial charge is 0.480 e. The molecule has 1 atom stereocenters. The lowest BCUT2D eigenvalue weighted by molar-refractivity contribution is -0.139. The van der Waals surface area contributed by atoms with Crippen molar-refractivity contribution in [1.82, 2.24) is 5.32 Å². The van der Waals surface area contributed by atoms with Gasteiger partial charge in [0.25, 0.3) is 0 Å². The van der Waals surface area contributed by atoms with Crippen LogP contribution in [-0.4, -0.2) is 35.2 Å². The minimum absolute atomic E-state index is 0.399. The van der Waals surface area contributed by atoms with E-state index in [1.165, 1.54) is 0 Å². The molecule has 7 heteroatoms. The molecule has 0 fully saturated rings. The van der Waals surface area contributed by atoms with Crippen LogP contribution in [0.3, 0.4) is 0 Å². The minimum Gasteiger partial charge on any atom is -0.480 e. The summed E-state index contributed by atoms with van der Waals surface area (Å²) in [4.78, 5) is 22.7. The Balaban J connectivity index is 2.52. The molecule has 0 saturated carbocycles. The van der Waals surface area contributed by atoms with E-state index in [2.05, 4.69) is 33.2 Å². The van der Waals surface area contributed by atoms with Crippen molar-refractivity contribution in [2.75, 3.05) is 17.3 Å². The average molecular weight is 394 g/mol. The van der Waals surface area contributed by atoms with Crippen molar-refractivity contribution < 1.29 is 14.7 Å². The first-order valence-electron chi connectivity index (χ1n) is 5.57. The van der Waals surface area contributed by atoms with Crippen molar-refractivity contribution in [3.8, 4) is 0 Å². The smallest absolute Gasteiger partial charge is 0.326 e. The first-order chi connectivity index (χ1) is 9.02. The zero-order valence-electron chi connectivity index (χ0n) is 10.4. The monoisotopic (exact) mass is 394 g/mol. The van der Waals surface area contributed by atoms with Gasteiger partial charge in [0.15, 0.2) is 0 Å². The number of aliphatic carboxylic acids is 1. The van der Waals surface area contributed by atoms with E-state index in [0.717, 1.165) is 3.57 Å². The molecule has 1 rings (SSSR count). The molecule has 3 N–H and O–H groups in total. The maximum absolute atomic E-state index is 11.7. The van der Waals surface area contributed by atoms with E-state index < -0.39 is 18.0 Å². The Labute approximate surface area is 129 Å². The van der Waals surface area contributed by atoms with Gasteiger partial charge in [-0.25, -0.2) is 9.59 Å². The van der Waals surface area contributed by atoms with Gasteiger partial charge >= 0.3 is 12.0 Å². The third-order valence-electron chi connectivity index (χ3n) is 2.32. The third-order valence-corrected chi connectivity index (χ3v) is 3.68. The van der Waals surface area contributed by atoms with E-state index in [9.17, 15) is 9.59 Å². The maximum Gasteiger partial charge on any atom is 0.326 e. The molecule has 2 amide bonds. The van der Waals surface area contributed by atoms with Crippen LogP contribution in [0, 0.1) is 3.57 Å². The van der Waals surface area contributed by atoms with E-state index in [0.29, 0.717) is 17.9 Å². The van der Waals surface area contributed by atoms with Gasteiger partial charge in [-0.15, -0.1) is 0 Å². The summed E-state index contributed by atoms with van der Waals surface area (Å²) in [5, 5.41) is 14.1. The predicted octanol–water partition coefficient (Wildman–Crippen LogP) is 2.62. The molecule has 19 heavy (non-hydrogen) atoms. The van der Waals surface area contributed by atoms with Gasteiger partial charge in [-0.1, -0.05) is 0 Å². The number of thioether (sulfide) groups is 1. The highest BCUT2D eigenvalue weighted by Gasteiger charge is 2.19. The summed E-state index contributed by atoms with van der Waals surface area (Å²) in [5.41, 5.74) is 0.631. The van der Waals surface area contributed by atoms with Gasteiger partial charge in [0, 0.05) is 9.26 Å².